The fourth-order valence-corrected chi connectivity index (χ4v) is 3.21. The Hall–Kier alpha value is -3.80. The molecule has 3 aromatic carbocycles. The van der Waals surface area contributed by atoms with Gasteiger partial charge in [0.1, 0.15) is 6.33 Å². The molecule has 0 spiro atoms. The highest BCUT2D eigenvalue weighted by atomic mass is 16.1. The normalized spacial score (nSPS) is 11.8. The summed E-state index contributed by atoms with van der Waals surface area (Å²) in [7, 11) is 0. The van der Waals surface area contributed by atoms with Crippen LogP contribution in [-0.4, -0.2) is 26.1 Å². The molecule has 0 bridgehead atoms. The van der Waals surface area contributed by atoms with E-state index in [1.807, 2.05) is 54.6 Å². The first-order chi connectivity index (χ1) is 14.2. The Morgan fingerprint density at radius 2 is 1.62 bits per heavy atom. The number of benzene rings is 3. The molecule has 1 amide bonds. The molecule has 6 heteroatoms. The van der Waals surface area contributed by atoms with Crippen LogP contribution < -0.4 is 5.32 Å². The molecule has 0 radical (unpaired) electrons. The molecule has 0 aliphatic carbocycles. The third kappa shape index (κ3) is 4.55. The summed E-state index contributed by atoms with van der Waals surface area (Å²) in [5, 5.41) is 14.3. The number of aryl methyl sites for hydroxylation is 1. The quantitative estimate of drug-likeness (QED) is 0.554. The van der Waals surface area contributed by atoms with Gasteiger partial charge in [-0.3, -0.25) is 4.79 Å². The number of rotatable bonds is 6. The molecule has 1 N–H and O–H groups in total. The first-order valence-corrected chi connectivity index (χ1v) is 9.42. The van der Waals surface area contributed by atoms with Crippen molar-refractivity contribution in [3.8, 4) is 5.69 Å². The van der Waals surface area contributed by atoms with Crippen molar-refractivity contribution < 1.29 is 4.79 Å². The molecule has 144 valence electrons. The van der Waals surface area contributed by atoms with Gasteiger partial charge in [0.15, 0.2) is 0 Å². The first-order valence-electron chi connectivity index (χ1n) is 9.42. The third-order valence-electron chi connectivity index (χ3n) is 4.76. The number of nitrogens with one attached hydrogen (secondary N) is 1. The predicted molar refractivity (Wildman–Crippen MR) is 110 cm³/mol. The van der Waals surface area contributed by atoms with Crippen molar-refractivity contribution in [2.24, 2.45) is 0 Å². The maximum atomic E-state index is 12.8. The topological polar surface area (TPSA) is 72.7 Å². The molecule has 1 heterocycles. The van der Waals surface area contributed by atoms with Gasteiger partial charge in [-0.2, -0.15) is 0 Å². The minimum absolute atomic E-state index is 0.0328. The second-order valence-corrected chi connectivity index (χ2v) is 6.92. The largest absolute Gasteiger partial charge is 0.345 e. The number of aromatic nitrogens is 4. The lowest BCUT2D eigenvalue weighted by atomic mass is 9.97. The average molecular weight is 383 g/mol. The van der Waals surface area contributed by atoms with E-state index in [2.05, 4.69) is 52.0 Å². The lowest BCUT2D eigenvalue weighted by molar-refractivity contribution is -0.120. The molecule has 0 saturated carbocycles. The molecule has 4 aromatic rings. The van der Waals surface area contributed by atoms with Crippen LogP contribution in [0, 0.1) is 6.92 Å². The summed E-state index contributed by atoms with van der Waals surface area (Å²) in [5.74, 6) is -0.0328. The Morgan fingerprint density at radius 3 is 2.28 bits per heavy atom. The van der Waals surface area contributed by atoms with Crippen molar-refractivity contribution in [2.75, 3.05) is 0 Å². The minimum atomic E-state index is -0.190. The number of hydrogen-bond acceptors (Lipinski definition) is 4. The van der Waals surface area contributed by atoms with Gasteiger partial charge in [0.05, 0.1) is 18.2 Å². The van der Waals surface area contributed by atoms with Crippen LogP contribution in [0.1, 0.15) is 28.3 Å². The van der Waals surface area contributed by atoms with Crippen LogP contribution in [0.15, 0.2) is 85.2 Å². The van der Waals surface area contributed by atoms with E-state index in [1.165, 1.54) is 11.9 Å². The summed E-state index contributed by atoms with van der Waals surface area (Å²) in [6, 6.07) is 25.7. The molecule has 1 aromatic heterocycles. The van der Waals surface area contributed by atoms with Gasteiger partial charge in [0.25, 0.3) is 0 Å². The maximum absolute atomic E-state index is 12.8. The number of carbonyl (C=O) groups is 1. The number of amides is 1. The number of tetrazole rings is 1. The minimum Gasteiger partial charge on any atom is -0.345 e. The second kappa shape index (κ2) is 8.48. The van der Waals surface area contributed by atoms with Gasteiger partial charge in [-0.25, -0.2) is 4.68 Å². The SMILES string of the molecule is Cc1ccc(C(NC(=O)Cc2ccc(-n3cnnn3)cc2)c2ccccc2)cc1. The van der Waals surface area contributed by atoms with E-state index < -0.39 is 0 Å². The van der Waals surface area contributed by atoms with E-state index in [1.54, 1.807) is 4.68 Å². The lowest BCUT2D eigenvalue weighted by Gasteiger charge is -2.20. The van der Waals surface area contributed by atoms with Gasteiger partial charge in [-0.1, -0.05) is 72.3 Å². The van der Waals surface area contributed by atoms with Crippen LogP contribution in [0.2, 0.25) is 0 Å². The lowest BCUT2D eigenvalue weighted by Crippen LogP contribution is -2.30. The molecule has 6 nitrogen and oxygen atoms in total. The molecule has 0 saturated heterocycles. The Labute approximate surface area is 169 Å². The van der Waals surface area contributed by atoms with Crippen molar-refractivity contribution >= 4 is 5.91 Å². The van der Waals surface area contributed by atoms with E-state index in [4.69, 9.17) is 0 Å². The van der Waals surface area contributed by atoms with Gasteiger partial charge in [-0.05, 0) is 46.2 Å². The summed E-state index contributed by atoms with van der Waals surface area (Å²) in [6.45, 7) is 2.05. The fourth-order valence-electron chi connectivity index (χ4n) is 3.21. The van der Waals surface area contributed by atoms with Crippen LogP contribution in [0.4, 0.5) is 0 Å². The molecule has 0 aliphatic rings. The van der Waals surface area contributed by atoms with Gasteiger partial charge >= 0.3 is 0 Å². The van der Waals surface area contributed by atoms with E-state index in [0.29, 0.717) is 6.42 Å². The van der Waals surface area contributed by atoms with Gasteiger partial charge < -0.3 is 5.32 Å². The van der Waals surface area contributed by atoms with Crippen molar-refractivity contribution in [1.29, 1.82) is 0 Å². The van der Waals surface area contributed by atoms with Crippen LogP contribution in [0.3, 0.4) is 0 Å². The molecule has 4 rings (SSSR count). The third-order valence-corrected chi connectivity index (χ3v) is 4.76. The predicted octanol–water partition coefficient (Wildman–Crippen LogP) is 3.42. The smallest absolute Gasteiger partial charge is 0.225 e. The van der Waals surface area contributed by atoms with Crippen LogP contribution in [0.25, 0.3) is 5.69 Å². The molecule has 0 aliphatic heterocycles. The molecule has 1 unspecified atom stereocenters. The highest BCUT2D eigenvalue weighted by Crippen LogP contribution is 2.22. The van der Waals surface area contributed by atoms with E-state index in [9.17, 15) is 4.79 Å². The van der Waals surface area contributed by atoms with Crippen molar-refractivity contribution in [3.63, 3.8) is 0 Å². The average Bonchev–Trinajstić information content (AvgIpc) is 3.29. The Morgan fingerprint density at radius 1 is 0.931 bits per heavy atom. The molecule has 0 fully saturated rings. The van der Waals surface area contributed by atoms with Crippen molar-refractivity contribution in [1.82, 2.24) is 25.5 Å². The molecule has 29 heavy (non-hydrogen) atoms. The van der Waals surface area contributed by atoms with Crippen molar-refractivity contribution in [2.45, 2.75) is 19.4 Å². The maximum Gasteiger partial charge on any atom is 0.225 e. The van der Waals surface area contributed by atoms with Crippen LogP contribution in [0.5, 0.6) is 0 Å². The summed E-state index contributed by atoms with van der Waals surface area (Å²) in [5.41, 5.74) is 5.08. The zero-order valence-corrected chi connectivity index (χ0v) is 16.1. The Bertz CT molecular complexity index is 1060. The van der Waals surface area contributed by atoms with E-state index in [-0.39, 0.29) is 11.9 Å². The van der Waals surface area contributed by atoms with Gasteiger partial charge in [0, 0.05) is 0 Å². The molecular formula is C23H21N5O. The Balaban J connectivity index is 1.50. The summed E-state index contributed by atoms with van der Waals surface area (Å²) < 4.78 is 1.58. The Kier molecular flexibility index (Phi) is 5.42. The first kappa shape index (κ1) is 18.6. The highest BCUT2D eigenvalue weighted by Gasteiger charge is 2.17. The number of hydrogen-bond donors (Lipinski definition) is 1. The van der Waals surface area contributed by atoms with E-state index in [0.717, 1.165) is 22.4 Å². The summed E-state index contributed by atoms with van der Waals surface area (Å²) in [4.78, 5) is 12.8. The summed E-state index contributed by atoms with van der Waals surface area (Å²) in [6.07, 6.45) is 1.83. The van der Waals surface area contributed by atoms with Gasteiger partial charge in [-0.15, -0.1) is 5.10 Å². The monoisotopic (exact) mass is 383 g/mol. The second-order valence-electron chi connectivity index (χ2n) is 6.92. The van der Waals surface area contributed by atoms with Gasteiger partial charge in [0.2, 0.25) is 5.91 Å². The number of carbonyl (C=O) groups excluding carboxylic acids is 1. The highest BCUT2D eigenvalue weighted by molar-refractivity contribution is 5.79. The zero-order chi connectivity index (χ0) is 20.1. The van der Waals surface area contributed by atoms with E-state index >= 15 is 0 Å². The van der Waals surface area contributed by atoms with Crippen molar-refractivity contribution in [3.05, 3.63) is 107 Å². The standard InChI is InChI=1S/C23H21N5O/c1-17-7-11-20(12-8-17)23(19-5-3-2-4-6-19)25-22(29)15-18-9-13-21(14-10-18)28-16-24-26-27-28/h2-14,16,23H,15H2,1H3,(H,25,29). The van der Waals surface area contributed by atoms with Crippen LogP contribution in [-0.2, 0) is 11.2 Å². The summed E-state index contributed by atoms with van der Waals surface area (Å²) >= 11 is 0. The molecular weight excluding hydrogens is 362 g/mol. The number of nitrogens with zero attached hydrogens (tertiary/aromatic N) is 4. The zero-order valence-electron chi connectivity index (χ0n) is 16.1. The fraction of sp³-hybridized carbons (Fsp3) is 0.130. The molecule has 1 atom stereocenters. The van der Waals surface area contributed by atoms with Crippen LogP contribution >= 0.6 is 0 Å².